The van der Waals surface area contributed by atoms with Gasteiger partial charge in [0.1, 0.15) is 11.2 Å². The van der Waals surface area contributed by atoms with Gasteiger partial charge in [0.15, 0.2) is 0 Å². The normalized spacial score (nSPS) is 12.8. The minimum absolute atomic E-state index is 0.920. The third kappa shape index (κ3) is 4.26. The quantitative estimate of drug-likeness (QED) is 0.182. The molecule has 0 unspecified atom stereocenters. The molecule has 1 aliphatic rings. The summed E-state index contributed by atoms with van der Waals surface area (Å²) < 4.78 is 11.3. The van der Waals surface area contributed by atoms with Crippen molar-refractivity contribution in [2.75, 3.05) is 0 Å². The second kappa shape index (κ2) is 11.2. The third-order valence-corrected chi connectivity index (χ3v) is 13.4. The lowest BCUT2D eigenvalue weighted by Gasteiger charge is -2.19. The van der Waals surface area contributed by atoms with Gasteiger partial charge in [0.2, 0.25) is 0 Å². The van der Waals surface area contributed by atoms with E-state index in [9.17, 15) is 0 Å². The Morgan fingerprint density at radius 3 is 1.57 bits per heavy atom. The van der Waals surface area contributed by atoms with Gasteiger partial charge in [0, 0.05) is 57.9 Å². The molecule has 5 heteroatoms. The predicted octanol–water partition coefficient (Wildman–Crippen LogP) is 14.1. The monoisotopic (exact) mass is 712 g/mol. The lowest BCUT2D eigenvalue weighted by molar-refractivity contribution is 0.673. The van der Waals surface area contributed by atoms with Crippen LogP contribution in [0, 0.1) is 0 Å². The van der Waals surface area contributed by atoms with Crippen molar-refractivity contribution in [2.45, 2.75) is 19.6 Å². The highest BCUT2D eigenvalue weighted by molar-refractivity contribution is 8.05. The van der Waals surface area contributed by atoms with E-state index in [0.717, 1.165) is 44.2 Å². The molecule has 0 saturated heterocycles. The molecule has 3 aromatic heterocycles. The van der Waals surface area contributed by atoms with E-state index in [1.807, 2.05) is 29.6 Å². The van der Waals surface area contributed by atoms with E-state index in [1.54, 1.807) is 0 Å². The van der Waals surface area contributed by atoms with E-state index in [-0.39, 0.29) is 0 Å². The van der Waals surface area contributed by atoms with Crippen molar-refractivity contribution in [1.29, 1.82) is 0 Å². The molecule has 1 aliphatic heterocycles. The molecule has 0 bridgehead atoms. The van der Waals surface area contributed by atoms with E-state index in [4.69, 9.17) is 4.42 Å². The molecule has 12 rings (SSSR count). The Balaban J connectivity index is 0.940. The van der Waals surface area contributed by atoms with Crippen LogP contribution in [-0.4, -0.2) is 9.13 Å². The highest BCUT2D eigenvalue weighted by Crippen LogP contribution is 2.53. The summed E-state index contributed by atoms with van der Waals surface area (Å²) in [5.41, 5.74) is 11.3. The zero-order chi connectivity index (χ0) is 34.6. The van der Waals surface area contributed by atoms with Crippen molar-refractivity contribution in [3.05, 3.63) is 170 Å². The molecule has 53 heavy (non-hydrogen) atoms. The number of hydrogen-bond donors (Lipinski definition) is 0. The average molecular weight is 713 g/mol. The van der Waals surface area contributed by atoms with Crippen LogP contribution in [0.25, 0.3) is 88.1 Å². The Morgan fingerprint density at radius 2 is 0.887 bits per heavy atom. The molecular weight excluding hydrogens is 685 g/mol. The summed E-state index contributed by atoms with van der Waals surface area (Å²) in [5.74, 6) is 0. The Labute approximate surface area is 313 Å². The second-order valence-electron chi connectivity index (χ2n) is 13.7. The first kappa shape index (κ1) is 29.4. The zero-order valence-electron chi connectivity index (χ0n) is 28.3. The molecule has 0 N–H and O–H groups in total. The van der Waals surface area contributed by atoms with Crippen LogP contribution in [0.2, 0.25) is 0 Å². The molecule has 4 heterocycles. The summed E-state index contributed by atoms with van der Waals surface area (Å²) in [6.07, 6.45) is 0. The molecule has 0 amide bonds. The first-order valence-electron chi connectivity index (χ1n) is 17.8. The van der Waals surface area contributed by atoms with E-state index in [0.29, 0.717) is 0 Å². The van der Waals surface area contributed by atoms with E-state index < -0.39 is 0 Å². The van der Waals surface area contributed by atoms with Crippen molar-refractivity contribution in [3.63, 3.8) is 0 Å². The number of hydrogen-bond acceptors (Lipinski definition) is 3. The molecule has 248 valence electrons. The van der Waals surface area contributed by atoms with Crippen LogP contribution in [0.5, 0.6) is 0 Å². The molecule has 0 atom stereocenters. The van der Waals surface area contributed by atoms with Gasteiger partial charge >= 0.3 is 0 Å². The van der Waals surface area contributed by atoms with Crippen LogP contribution in [0.4, 0.5) is 0 Å². The van der Waals surface area contributed by atoms with Crippen LogP contribution in [0.15, 0.2) is 194 Å². The third-order valence-electron chi connectivity index (χ3n) is 10.8. The summed E-state index contributed by atoms with van der Waals surface area (Å²) in [7, 11) is 0. The van der Waals surface area contributed by atoms with Crippen LogP contribution >= 0.6 is 23.5 Å². The van der Waals surface area contributed by atoms with Crippen molar-refractivity contribution in [2.24, 2.45) is 0 Å². The maximum atomic E-state index is 6.50. The molecular formula is C48H28N2OS2. The predicted molar refractivity (Wildman–Crippen MR) is 223 cm³/mol. The van der Waals surface area contributed by atoms with Crippen LogP contribution < -0.4 is 0 Å². The molecule has 0 radical (unpaired) electrons. The largest absolute Gasteiger partial charge is 0.455 e. The number of benzene rings is 8. The van der Waals surface area contributed by atoms with E-state index >= 15 is 0 Å². The van der Waals surface area contributed by atoms with Crippen molar-refractivity contribution < 1.29 is 4.42 Å². The Bertz CT molecular complexity index is 3280. The maximum Gasteiger partial charge on any atom is 0.145 e. The van der Waals surface area contributed by atoms with Gasteiger partial charge in [-0.2, -0.15) is 0 Å². The van der Waals surface area contributed by atoms with Gasteiger partial charge in [-0.3, -0.25) is 0 Å². The molecule has 11 aromatic rings. The van der Waals surface area contributed by atoms with Gasteiger partial charge in [-0.1, -0.05) is 115 Å². The number of nitrogens with zero attached hydrogens (tertiary/aromatic N) is 2. The van der Waals surface area contributed by atoms with Gasteiger partial charge in [0.05, 0.1) is 27.5 Å². The summed E-state index contributed by atoms with van der Waals surface area (Å²) in [5, 5.41) is 7.27. The fraction of sp³-hybridized carbons (Fsp3) is 0. The van der Waals surface area contributed by atoms with Crippen molar-refractivity contribution in [3.8, 4) is 22.5 Å². The number of rotatable bonds is 3. The maximum absolute atomic E-state index is 6.50. The standard InChI is InChI=1S/C48H28N2OS2/c1-4-12-37-35(10-1)45-39(26-25-34-33-9-3-6-14-41(33)51-47(34)45)49(37)31-21-17-29(18-22-31)30-19-23-32(24-20-30)50-38-13-5-2-11-36(38)46-40(50)27-28-44-48(46)53-43-16-8-7-15-42(43)52-44/h1-28H. The zero-order valence-corrected chi connectivity index (χ0v) is 29.9. The van der Waals surface area contributed by atoms with Gasteiger partial charge < -0.3 is 13.6 Å². The first-order chi connectivity index (χ1) is 26.3. The summed E-state index contributed by atoms with van der Waals surface area (Å²) in [4.78, 5) is 5.33. The summed E-state index contributed by atoms with van der Waals surface area (Å²) in [6.45, 7) is 0. The number of para-hydroxylation sites is 3. The average Bonchev–Trinajstić information content (AvgIpc) is 3.88. The lowest BCUT2D eigenvalue weighted by Crippen LogP contribution is -1.95. The highest BCUT2D eigenvalue weighted by Gasteiger charge is 2.24. The van der Waals surface area contributed by atoms with Crippen LogP contribution in [0.1, 0.15) is 0 Å². The fourth-order valence-electron chi connectivity index (χ4n) is 8.44. The minimum Gasteiger partial charge on any atom is -0.455 e. The Hall–Kier alpha value is -6.14. The number of aromatic nitrogens is 2. The van der Waals surface area contributed by atoms with Gasteiger partial charge in [-0.05, 0) is 90.0 Å². The Morgan fingerprint density at radius 1 is 0.358 bits per heavy atom. The number of fused-ring (bicyclic) bond motifs is 13. The Kier molecular flexibility index (Phi) is 6.21. The van der Waals surface area contributed by atoms with E-state index in [1.165, 1.54) is 63.4 Å². The topological polar surface area (TPSA) is 23.0 Å². The van der Waals surface area contributed by atoms with Gasteiger partial charge in [-0.25, -0.2) is 0 Å². The molecule has 0 saturated carbocycles. The van der Waals surface area contributed by atoms with Crippen LogP contribution in [-0.2, 0) is 0 Å². The second-order valence-corrected chi connectivity index (χ2v) is 15.8. The highest BCUT2D eigenvalue weighted by atomic mass is 32.2. The fourth-order valence-corrected chi connectivity index (χ4v) is 10.8. The first-order valence-corrected chi connectivity index (χ1v) is 19.5. The van der Waals surface area contributed by atoms with Crippen LogP contribution in [0.3, 0.4) is 0 Å². The molecule has 0 aliphatic carbocycles. The minimum atomic E-state index is 0.920. The smallest absolute Gasteiger partial charge is 0.145 e. The number of furan rings is 1. The lowest BCUT2D eigenvalue weighted by atomic mass is 10.0. The SMILES string of the molecule is c1ccc2c(c1)Sc1ccc3c(c1S2)c1ccccc1n3-c1ccc(-c2ccc(-n3c4ccccc4c4c5oc6ccccc6c5ccc43)cc2)cc1. The summed E-state index contributed by atoms with van der Waals surface area (Å²) in [6, 6.07) is 61.5. The molecule has 0 fully saturated rings. The van der Waals surface area contributed by atoms with Crippen molar-refractivity contribution in [1.82, 2.24) is 9.13 Å². The van der Waals surface area contributed by atoms with Crippen molar-refractivity contribution >= 4 is 89.1 Å². The molecule has 3 nitrogen and oxygen atoms in total. The van der Waals surface area contributed by atoms with Gasteiger partial charge in [0.25, 0.3) is 0 Å². The van der Waals surface area contributed by atoms with E-state index in [2.05, 4.69) is 173 Å². The molecule has 8 aromatic carbocycles. The molecule has 0 spiro atoms. The van der Waals surface area contributed by atoms with Gasteiger partial charge in [-0.15, -0.1) is 0 Å². The summed E-state index contributed by atoms with van der Waals surface area (Å²) >= 11 is 3.77.